The molecule has 3 N–H and O–H groups in total. The first kappa shape index (κ1) is 18.8. The van der Waals surface area contributed by atoms with E-state index in [9.17, 15) is 18.3 Å². The number of hydrogen-bond donors (Lipinski definition) is 2. The molecule has 0 aromatic heterocycles. The molecular formula is C16H21BF3NO3. The number of halogens is 3. The Kier molecular flexibility index (Phi) is 4.78. The van der Waals surface area contributed by atoms with Crippen LogP contribution in [0.15, 0.2) is 23.7 Å². The van der Waals surface area contributed by atoms with Crippen molar-refractivity contribution in [3.8, 4) is 5.75 Å². The maximum Gasteiger partial charge on any atom is 0.491 e. The Hall–Kier alpha value is -1.51. The van der Waals surface area contributed by atoms with Crippen LogP contribution in [-0.4, -0.2) is 30.0 Å². The van der Waals surface area contributed by atoms with Crippen molar-refractivity contribution in [3.05, 3.63) is 34.8 Å². The highest BCUT2D eigenvalue weighted by molar-refractivity contribution is 6.55. The molecule has 1 aromatic carbocycles. The van der Waals surface area contributed by atoms with E-state index in [1.165, 1.54) is 6.08 Å². The Bertz CT molecular complexity index is 640. The van der Waals surface area contributed by atoms with E-state index in [0.29, 0.717) is 5.47 Å². The molecular weight excluding hydrogens is 322 g/mol. The number of benzene rings is 1. The lowest BCUT2D eigenvalue weighted by molar-refractivity contribution is -0.137. The Labute approximate surface area is 139 Å². The average Bonchev–Trinajstić information content (AvgIpc) is 2.65. The van der Waals surface area contributed by atoms with E-state index in [1.54, 1.807) is 0 Å². The smallest absolute Gasteiger partial charge is 0.491 e. The van der Waals surface area contributed by atoms with Gasteiger partial charge in [0.2, 0.25) is 0 Å². The van der Waals surface area contributed by atoms with E-state index in [-0.39, 0.29) is 17.9 Å². The third-order valence-electron chi connectivity index (χ3n) is 4.49. The number of phenols is 1. The minimum absolute atomic E-state index is 0.0139. The molecule has 1 heterocycles. The molecule has 0 radical (unpaired) electrons. The van der Waals surface area contributed by atoms with Gasteiger partial charge in [-0.1, -0.05) is 6.08 Å². The molecule has 0 spiro atoms. The fraction of sp³-hybridized carbons (Fsp3) is 0.500. The summed E-state index contributed by atoms with van der Waals surface area (Å²) in [7, 11) is -0.783. The summed E-state index contributed by atoms with van der Waals surface area (Å²) < 4.78 is 50.2. The molecule has 1 aliphatic heterocycles. The Morgan fingerprint density at radius 1 is 1.21 bits per heavy atom. The van der Waals surface area contributed by atoms with E-state index in [4.69, 9.17) is 15.0 Å². The standard InChI is InChI=1S/C16H21BF3NO3/c1-14(2)15(3,4)24-17(23-14)12(9-21)8-10-7-11(16(18,19)20)5-6-13(10)22/h5-8,22H,9,21H2,1-4H3. The predicted molar refractivity (Wildman–Crippen MR) is 86.2 cm³/mol. The third-order valence-corrected chi connectivity index (χ3v) is 4.49. The van der Waals surface area contributed by atoms with Gasteiger partial charge in [0.25, 0.3) is 0 Å². The van der Waals surface area contributed by atoms with E-state index in [1.807, 2.05) is 27.7 Å². The second-order valence-electron chi connectivity index (χ2n) is 6.78. The zero-order valence-electron chi connectivity index (χ0n) is 14.1. The third kappa shape index (κ3) is 3.60. The van der Waals surface area contributed by atoms with Gasteiger partial charge in [0.05, 0.1) is 16.8 Å². The van der Waals surface area contributed by atoms with Gasteiger partial charge < -0.3 is 20.1 Å². The summed E-state index contributed by atoms with van der Waals surface area (Å²) in [6.07, 6.45) is -3.11. The van der Waals surface area contributed by atoms with Crippen LogP contribution in [0.25, 0.3) is 6.08 Å². The SMILES string of the molecule is CC1(C)OB(C(=Cc2cc(C(F)(F)F)ccc2O)CN)OC1(C)C. The molecule has 0 amide bonds. The lowest BCUT2D eigenvalue weighted by Gasteiger charge is -2.32. The first-order valence-corrected chi connectivity index (χ1v) is 7.54. The Morgan fingerprint density at radius 3 is 2.21 bits per heavy atom. The largest absolute Gasteiger partial charge is 0.507 e. The molecule has 0 bridgehead atoms. The maximum atomic E-state index is 12.8. The van der Waals surface area contributed by atoms with Crippen molar-refractivity contribution >= 4 is 13.2 Å². The van der Waals surface area contributed by atoms with Crippen LogP contribution < -0.4 is 5.73 Å². The van der Waals surface area contributed by atoms with Gasteiger partial charge >= 0.3 is 13.3 Å². The van der Waals surface area contributed by atoms with Gasteiger partial charge in [-0.25, -0.2) is 0 Å². The van der Waals surface area contributed by atoms with Crippen LogP contribution >= 0.6 is 0 Å². The van der Waals surface area contributed by atoms with Crippen LogP contribution in [0.5, 0.6) is 5.75 Å². The second-order valence-corrected chi connectivity index (χ2v) is 6.78. The topological polar surface area (TPSA) is 64.7 Å². The fourth-order valence-electron chi connectivity index (χ4n) is 2.26. The summed E-state index contributed by atoms with van der Waals surface area (Å²) in [5.41, 5.74) is 4.14. The quantitative estimate of drug-likeness (QED) is 0.826. The average molecular weight is 343 g/mol. The van der Waals surface area contributed by atoms with Gasteiger partial charge in [-0.3, -0.25) is 0 Å². The minimum atomic E-state index is -4.50. The number of aromatic hydroxyl groups is 1. The highest BCUT2D eigenvalue weighted by Crippen LogP contribution is 2.39. The predicted octanol–water partition coefficient (Wildman–Crippen LogP) is 3.38. The summed E-state index contributed by atoms with van der Waals surface area (Å²) in [6.45, 7) is 7.48. The molecule has 132 valence electrons. The number of phenolic OH excluding ortho intramolecular Hbond substituents is 1. The first-order valence-electron chi connectivity index (χ1n) is 7.54. The monoisotopic (exact) mass is 343 g/mol. The van der Waals surface area contributed by atoms with E-state index < -0.39 is 30.1 Å². The summed E-state index contributed by atoms with van der Waals surface area (Å²) in [4.78, 5) is 0. The number of alkyl halides is 3. The van der Waals surface area contributed by atoms with Crippen LogP contribution in [0.2, 0.25) is 0 Å². The molecule has 0 saturated carbocycles. The highest BCUT2D eigenvalue weighted by atomic mass is 19.4. The molecule has 0 aliphatic carbocycles. The molecule has 1 saturated heterocycles. The molecule has 1 fully saturated rings. The van der Waals surface area contributed by atoms with Gasteiger partial charge in [0, 0.05) is 12.1 Å². The maximum absolute atomic E-state index is 12.8. The number of hydrogen-bond acceptors (Lipinski definition) is 4. The summed E-state index contributed by atoms with van der Waals surface area (Å²) in [6, 6.07) is 2.70. The van der Waals surface area contributed by atoms with Crippen LogP contribution in [0.4, 0.5) is 13.2 Å². The molecule has 1 aliphatic rings. The van der Waals surface area contributed by atoms with E-state index in [2.05, 4.69) is 0 Å². The summed E-state index contributed by atoms with van der Waals surface area (Å²) in [5.74, 6) is -0.273. The molecule has 1 aromatic rings. The van der Waals surface area contributed by atoms with Crippen molar-refractivity contribution < 1.29 is 27.6 Å². The molecule has 24 heavy (non-hydrogen) atoms. The molecule has 2 rings (SSSR count). The van der Waals surface area contributed by atoms with Crippen molar-refractivity contribution in [2.45, 2.75) is 45.1 Å². The van der Waals surface area contributed by atoms with Crippen molar-refractivity contribution in [2.24, 2.45) is 5.73 Å². The van der Waals surface area contributed by atoms with Crippen molar-refractivity contribution in [2.75, 3.05) is 6.54 Å². The van der Waals surface area contributed by atoms with Gasteiger partial charge in [-0.05, 0) is 51.4 Å². The van der Waals surface area contributed by atoms with E-state index in [0.717, 1.165) is 18.2 Å². The summed E-state index contributed by atoms with van der Waals surface area (Å²) >= 11 is 0. The second kappa shape index (κ2) is 6.09. The summed E-state index contributed by atoms with van der Waals surface area (Å²) in [5, 5.41) is 9.86. The lowest BCUT2D eigenvalue weighted by Crippen LogP contribution is -2.41. The number of rotatable bonds is 3. The Balaban J connectivity index is 2.39. The van der Waals surface area contributed by atoms with Gasteiger partial charge in [0.15, 0.2) is 0 Å². The lowest BCUT2D eigenvalue weighted by atomic mass is 9.77. The molecule has 8 heteroatoms. The van der Waals surface area contributed by atoms with Crippen LogP contribution in [-0.2, 0) is 15.5 Å². The normalized spacial score (nSPS) is 20.5. The van der Waals surface area contributed by atoms with Crippen molar-refractivity contribution in [3.63, 3.8) is 0 Å². The van der Waals surface area contributed by atoms with Crippen LogP contribution in [0.3, 0.4) is 0 Å². The van der Waals surface area contributed by atoms with Crippen LogP contribution in [0.1, 0.15) is 38.8 Å². The minimum Gasteiger partial charge on any atom is -0.507 e. The van der Waals surface area contributed by atoms with Crippen molar-refractivity contribution in [1.82, 2.24) is 0 Å². The van der Waals surface area contributed by atoms with Gasteiger partial charge in [-0.2, -0.15) is 13.2 Å². The van der Waals surface area contributed by atoms with Gasteiger partial charge in [-0.15, -0.1) is 0 Å². The molecule has 4 nitrogen and oxygen atoms in total. The van der Waals surface area contributed by atoms with Crippen molar-refractivity contribution in [1.29, 1.82) is 0 Å². The first-order chi connectivity index (χ1) is 10.9. The highest BCUT2D eigenvalue weighted by Gasteiger charge is 2.52. The van der Waals surface area contributed by atoms with Crippen LogP contribution in [0, 0.1) is 0 Å². The zero-order chi connectivity index (χ0) is 18.3. The molecule has 0 atom stereocenters. The Morgan fingerprint density at radius 2 is 1.75 bits per heavy atom. The van der Waals surface area contributed by atoms with E-state index >= 15 is 0 Å². The number of nitrogens with two attached hydrogens (primary N) is 1. The fourth-order valence-corrected chi connectivity index (χ4v) is 2.26. The molecule has 0 unspecified atom stereocenters. The zero-order valence-corrected chi connectivity index (χ0v) is 14.1. The van der Waals surface area contributed by atoms with Gasteiger partial charge in [0.1, 0.15) is 5.75 Å².